The van der Waals surface area contributed by atoms with Gasteiger partial charge in [0.15, 0.2) is 0 Å². The van der Waals surface area contributed by atoms with Gasteiger partial charge in [-0.15, -0.1) is 0 Å². The van der Waals surface area contributed by atoms with Crippen LogP contribution in [0.15, 0.2) is 0 Å². The molecule has 0 amide bonds. The molecule has 0 atom stereocenters. The molecule has 0 heterocycles. The van der Waals surface area contributed by atoms with E-state index in [4.69, 9.17) is 23.2 Å². The average molecular weight is 350 g/mol. The molecule has 0 aromatic rings. The molecule has 0 N–H and O–H groups in total. The van der Waals surface area contributed by atoms with Gasteiger partial charge < -0.3 is 0 Å². The van der Waals surface area contributed by atoms with E-state index in [-0.39, 0.29) is 0 Å². The Bertz CT molecular complexity index is 37.1. The van der Waals surface area contributed by atoms with Crippen LogP contribution in [-0.2, 0) is 0 Å². The van der Waals surface area contributed by atoms with E-state index in [0.29, 0.717) is 0 Å². The molecule has 0 spiro atoms. The van der Waals surface area contributed by atoms with Crippen LogP contribution in [0, 0.1) is 26.9 Å². The van der Waals surface area contributed by atoms with Crippen LogP contribution in [0.3, 0.4) is 0 Å². The van der Waals surface area contributed by atoms with E-state index in [1.165, 1.54) is 0 Å². The van der Waals surface area contributed by atoms with Crippen LogP contribution in [0.25, 0.3) is 0 Å². The van der Waals surface area contributed by atoms with E-state index < -0.39 is 26.9 Å². The molecule has 0 unspecified atom stereocenters. The number of rotatable bonds is 0. The monoisotopic (exact) mass is 349 g/mol. The summed E-state index contributed by atoms with van der Waals surface area (Å²) < 4.78 is 25.1. The average Bonchev–Trinajstić information content (AvgIpc) is 0.650. The zero-order chi connectivity index (χ0) is 5.45. The molecule has 0 aliphatic carbocycles. The Balaban J connectivity index is 3.73. The van der Waals surface area contributed by atoms with E-state index >= 15 is 0 Å². The Morgan fingerprint density at radius 2 is 0.667 bits per heavy atom. The van der Waals surface area contributed by atoms with Gasteiger partial charge >= 0.3 is 50.1 Å². The van der Waals surface area contributed by atoms with Gasteiger partial charge in [0, 0.05) is 0 Å². The summed E-state index contributed by atoms with van der Waals surface area (Å²) >= 11 is -3.99. The maximum absolute atomic E-state index is 5.01. The predicted molar refractivity (Wildman–Crippen MR) is 29.3 cm³/mol. The van der Waals surface area contributed by atoms with Gasteiger partial charge in [0.05, 0.1) is 0 Å². The van der Waals surface area contributed by atoms with Crippen molar-refractivity contribution in [3.8, 4) is 0 Å². The standard InChI is InChI=1S/5ClH.Yb/h5*1H;/q;;;;;+5/p-5. The Labute approximate surface area is 48.0 Å². The zero-order valence-electron chi connectivity index (χ0n) is 2.16. The third-order valence-corrected chi connectivity index (χ3v) is 0. The second-order valence-corrected chi connectivity index (χ2v) is 25.5. The van der Waals surface area contributed by atoms with Crippen molar-refractivity contribution in [2.45, 2.75) is 0 Å². The zero-order valence-corrected chi connectivity index (χ0v) is 7.65. The Kier molecular flexibility index (Phi) is 3.44. The van der Waals surface area contributed by atoms with Gasteiger partial charge in [0.1, 0.15) is 0 Å². The third kappa shape index (κ3) is 28.2. The summed E-state index contributed by atoms with van der Waals surface area (Å²) in [6.45, 7) is 0. The van der Waals surface area contributed by atoms with E-state index in [9.17, 15) is 0 Å². The molecule has 0 nitrogen and oxygen atoms in total. The van der Waals surface area contributed by atoms with Gasteiger partial charge in [-0.1, -0.05) is 0 Å². The second-order valence-electron chi connectivity index (χ2n) is 0.382. The van der Waals surface area contributed by atoms with Gasteiger partial charge in [-0.05, 0) is 0 Å². The molecule has 0 fully saturated rings. The molecular formula is Cl5Yb. The van der Waals surface area contributed by atoms with Crippen molar-refractivity contribution >= 4 is 23.2 Å². The van der Waals surface area contributed by atoms with Crippen LogP contribution >= 0.6 is 23.2 Å². The molecule has 0 bridgehead atoms. The maximum atomic E-state index is 5.01. The molecule has 6 heavy (non-hydrogen) atoms. The van der Waals surface area contributed by atoms with Gasteiger partial charge in [0.2, 0.25) is 0 Å². The number of hydrogen-bond acceptors (Lipinski definition) is 0. The van der Waals surface area contributed by atoms with Crippen molar-refractivity contribution in [1.29, 1.82) is 0 Å². The predicted octanol–water partition coefficient (Wildman–Crippen LogP) is 3.45. The van der Waals surface area contributed by atoms with Gasteiger partial charge in [-0.25, -0.2) is 0 Å². The fourth-order valence-electron chi connectivity index (χ4n) is 0. The number of hydrogen-bond donors (Lipinski definition) is 0. The summed E-state index contributed by atoms with van der Waals surface area (Å²) in [5.74, 6) is 0. The molecule has 6 heteroatoms. The van der Waals surface area contributed by atoms with Crippen molar-refractivity contribution in [3.63, 3.8) is 0 Å². The van der Waals surface area contributed by atoms with Crippen LogP contribution in [0.4, 0.5) is 0 Å². The molecule has 0 saturated heterocycles. The van der Waals surface area contributed by atoms with E-state index in [1.807, 2.05) is 0 Å². The first kappa shape index (κ1) is 8.97. The Morgan fingerprint density at radius 3 is 0.667 bits per heavy atom. The normalized spacial score (nSPS) is 19.2. The summed E-state index contributed by atoms with van der Waals surface area (Å²) in [6.07, 6.45) is 0. The summed E-state index contributed by atoms with van der Waals surface area (Å²) in [5, 5.41) is 0. The Hall–Kier alpha value is 2.97. The molecule has 0 aromatic carbocycles. The van der Waals surface area contributed by atoms with E-state index in [2.05, 4.69) is 0 Å². The fourth-order valence-corrected chi connectivity index (χ4v) is 0. The summed E-state index contributed by atoms with van der Waals surface area (Å²) in [5.41, 5.74) is 0. The summed E-state index contributed by atoms with van der Waals surface area (Å²) in [7, 11) is 0. The van der Waals surface area contributed by atoms with Gasteiger partial charge in [0.25, 0.3) is 0 Å². The van der Waals surface area contributed by atoms with E-state index in [0.717, 1.165) is 0 Å². The fraction of sp³-hybridized carbons (Fsp3) is 0. The van der Waals surface area contributed by atoms with Crippen molar-refractivity contribution in [2.24, 2.45) is 0 Å². The molecule has 0 aliphatic heterocycles. The molecule has 0 saturated carbocycles. The van der Waals surface area contributed by atoms with Crippen LogP contribution in [0.2, 0.25) is 0 Å². The molecule has 0 radical (unpaired) electrons. The molecule has 0 rings (SSSR count). The summed E-state index contributed by atoms with van der Waals surface area (Å²) in [4.78, 5) is 0. The quantitative estimate of drug-likeness (QED) is 0.628. The molecule has 49 valence electrons. The summed E-state index contributed by atoms with van der Waals surface area (Å²) in [6, 6.07) is 0. The minimum atomic E-state index is -3.99. The first-order chi connectivity index (χ1) is 2.24. The van der Waals surface area contributed by atoms with Gasteiger partial charge in [-0.3, -0.25) is 0 Å². The second kappa shape index (κ2) is 2.30. The number of halogens is 5. The topological polar surface area (TPSA) is 0 Å². The van der Waals surface area contributed by atoms with Crippen LogP contribution < -0.4 is 0 Å². The minimum absolute atomic E-state index is 3.99. The van der Waals surface area contributed by atoms with Crippen LogP contribution in [0.1, 0.15) is 0 Å². The SMILES string of the molecule is [Cl][Yb]([Cl])([Cl])([Cl])[Cl]. The van der Waals surface area contributed by atoms with Gasteiger partial charge in [-0.2, -0.15) is 0 Å². The first-order valence-electron chi connectivity index (χ1n) is 0.505. The third-order valence-electron chi connectivity index (χ3n) is 0. The molecular weight excluding hydrogens is 350 g/mol. The van der Waals surface area contributed by atoms with Crippen molar-refractivity contribution in [1.82, 2.24) is 0 Å². The van der Waals surface area contributed by atoms with Crippen molar-refractivity contribution in [3.05, 3.63) is 0 Å². The van der Waals surface area contributed by atoms with Crippen LogP contribution in [0.5, 0.6) is 0 Å². The van der Waals surface area contributed by atoms with Crippen molar-refractivity contribution in [2.75, 3.05) is 0 Å². The molecule has 0 aromatic heterocycles. The Morgan fingerprint density at radius 1 is 0.667 bits per heavy atom. The van der Waals surface area contributed by atoms with Crippen LogP contribution in [-0.4, -0.2) is 0 Å². The molecule has 0 aliphatic rings. The van der Waals surface area contributed by atoms with E-state index in [1.54, 1.807) is 0 Å². The first-order valence-corrected chi connectivity index (χ1v) is 11.2. The van der Waals surface area contributed by atoms with Crippen molar-refractivity contribution < 1.29 is 26.9 Å².